The molecule has 0 aliphatic rings. The highest BCUT2D eigenvalue weighted by atomic mass is 127. The van der Waals surface area contributed by atoms with Crippen LogP contribution < -0.4 is 0 Å². The van der Waals surface area contributed by atoms with Gasteiger partial charge in [0.15, 0.2) is 0 Å². The van der Waals surface area contributed by atoms with Gasteiger partial charge in [0.2, 0.25) is 0 Å². The number of benzene rings is 2. The third-order valence-corrected chi connectivity index (χ3v) is 2.35. The van der Waals surface area contributed by atoms with Crippen LogP contribution in [0.3, 0.4) is 0 Å². The maximum Gasteiger partial charge on any atom is 0.110 e. The van der Waals surface area contributed by atoms with Gasteiger partial charge in [-0.3, -0.25) is 0 Å². The van der Waals surface area contributed by atoms with Gasteiger partial charge < -0.3 is 3.07 Å². The summed E-state index contributed by atoms with van der Waals surface area (Å²) in [6.45, 7) is 0.672. The lowest BCUT2D eigenvalue weighted by Crippen LogP contribution is -1.83. The van der Waals surface area contributed by atoms with Gasteiger partial charge >= 0.3 is 0 Å². The molecule has 0 heterocycles. The van der Waals surface area contributed by atoms with Crippen molar-refractivity contribution < 1.29 is 3.07 Å². The first-order chi connectivity index (χ1) is 6.40. The van der Waals surface area contributed by atoms with Crippen molar-refractivity contribution >= 4 is 33.8 Å². The molecule has 0 aliphatic heterocycles. The molecule has 0 saturated heterocycles. The molecule has 0 bridgehead atoms. The molecular formula is C11H9IO. The summed E-state index contributed by atoms with van der Waals surface area (Å²) in [5.41, 5.74) is 1.22. The minimum absolute atomic E-state index is 0.672. The van der Waals surface area contributed by atoms with E-state index >= 15 is 0 Å². The molecule has 2 aromatic rings. The van der Waals surface area contributed by atoms with Crippen LogP contribution in [-0.2, 0) is 9.67 Å². The molecule has 0 aliphatic carbocycles. The van der Waals surface area contributed by atoms with Gasteiger partial charge in [0, 0.05) is 0 Å². The van der Waals surface area contributed by atoms with E-state index in [0.29, 0.717) is 6.61 Å². The van der Waals surface area contributed by atoms with Gasteiger partial charge in [-0.05, 0) is 22.4 Å². The van der Waals surface area contributed by atoms with Gasteiger partial charge in [0.05, 0.1) is 6.61 Å². The summed E-state index contributed by atoms with van der Waals surface area (Å²) in [6, 6.07) is 14.7. The highest BCUT2D eigenvalue weighted by Crippen LogP contribution is 2.16. The normalized spacial score (nSPS) is 10.5. The second-order valence-corrected chi connectivity index (χ2v) is 3.56. The van der Waals surface area contributed by atoms with E-state index < -0.39 is 0 Å². The van der Waals surface area contributed by atoms with Gasteiger partial charge in [-0.25, -0.2) is 0 Å². The van der Waals surface area contributed by atoms with Gasteiger partial charge in [-0.15, -0.1) is 0 Å². The molecule has 0 fully saturated rings. The summed E-state index contributed by atoms with van der Waals surface area (Å²) < 4.78 is 5.05. The number of fused-ring (bicyclic) bond motifs is 1. The standard InChI is InChI=1S/C11H9IO/c12-13-8-9-5-6-10-3-1-2-4-11(10)7-9/h1-7H,8H2. The summed E-state index contributed by atoms with van der Waals surface area (Å²) in [5, 5.41) is 2.55. The van der Waals surface area contributed by atoms with Crippen molar-refractivity contribution in [1.82, 2.24) is 0 Å². The van der Waals surface area contributed by atoms with E-state index in [4.69, 9.17) is 3.07 Å². The molecule has 2 aromatic carbocycles. The second-order valence-electron chi connectivity index (χ2n) is 2.93. The number of hydrogen-bond donors (Lipinski definition) is 0. The average molecular weight is 284 g/mol. The second kappa shape index (κ2) is 4.07. The Balaban J connectivity index is 2.49. The van der Waals surface area contributed by atoms with Gasteiger partial charge in [-0.2, -0.15) is 0 Å². The van der Waals surface area contributed by atoms with Crippen LogP contribution in [0.5, 0.6) is 0 Å². The molecule has 2 rings (SSSR count). The Morgan fingerprint density at radius 3 is 2.54 bits per heavy atom. The maximum atomic E-state index is 5.05. The Morgan fingerprint density at radius 1 is 1.00 bits per heavy atom. The van der Waals surface area contributed by atoms with Crippen molar-refractivity contribution in [2.45, 2.75) is 6.61 Å². The van der Waals surface area contributed by atoms with Crippen molar-refractivity contribution in [3.8, 4) is 0 Å². The Kier molecular flexibility index (Phi) is 2.80. The quantitative estimate of drug-likeness (QED) is 0.764. The molecule has 1 nitrogen and oxygen atoms in total. The van der Waals surface area contributed by atoms with E-state index in [0.717, 1.165) is 0 Å². The molecule has 0 saturated carbocycles. The van der Waals surface area contributed by atoms with E-state index in [1.54, 1.807) is 0 Å². The fourth-order valence-corrected chi connectivity index (χ4v) is 1.75. The van der Waals surface area contributed by atoms with Crippen LogP contribution in [0.2, 0.25) is 0 Å². The fourth-order valence-electron chi connectivity index (χ4n) is 1.39. The lowest BCUT2D eigenvalue weighted by Gasteiger charge is -2.00. The molecule has 0 spiro atoms. The molecule has 0 amide bonds. The van der Waals surface area contributed by atoms with Crippen molar-refractivity contribution in [3.05, 3.63) is 48.0 Å². The van der Waals surface area contributed by atoms with Crippen LogP contribution in [0.25, 0.3) is 10.8 Å². The molecule has 0 radical (unpaired) electrons. The minimum atomic E-state index is 0.672. The predicted octanol–water partition coefficient (Wildman–Crippen LogP) is 3.71. The van der Waals surface area contributed by atoms with E-state index in [2.05, 4.69) is 42.5 Å². The predicted molar refractivity (Wildman–Crippen MR) is 62.8 cm³/mol. The van der Waals surface area contributed by atoms with E-state index in [1.807, 2.05) is 23.0 Å². The summed E-state index contributed by atoms with van der Waals surface area (Å²) in [6.07, 6.45) is 0. The molecule has 0 N–H and O–H groups in total. The third-order valence-electron chi connectivity index (χ3n) is 2.04. The number of hydrogen-bond acceptors (Lipinski definition) is 1. The van der Waals surface area contributed by atoms with Crippen LogP contribution in [0, 0.1) is 0 Å². The lowest BCUT2D eigenvalue weighted by atomic mass is 10.1. The van der Waals surface area contributed by atoms with E-state index in [-0.39, 0.29) is 0 Å². The van der Waals surface area contributed by atoms with Gasteiger partial charge in [0.25, 0.3) is 0 Å². The number of halogens is 1. The van der Waals surface area contributed by atoms with Crippen molar-refractivity contribution in [2.24, 2.45) is 0 Å². The monoisotopic (exact) mass is 284 g/mol. The summed E-state index contributed by atoms with van der Waals surface area (Å²) in [5.74, 6) is 0. The smallest absolute Gasteiger partial charge is 0.110 e. The zero-order chi connectivity index (χ0) is 9.10. The maximum absolute atomic E-state index is 5.05. The van der Waals surface area contributed by atoms with Gasteiger partial charge in [-0.1, -0.05) is 36.4 Å². The Hall–Kier alpha value is -0.610. The van der Waals surface area contributed by atoms with E-state index in [9.17, 15) is 0 Å². The van der Waals surface area contributed by atoms with Crippen LogP contribution in [0.15, 0.2) is 42.5 Å². The fraction of sp³-hybridized carbons (Fsp3) is 0.0909. The van der Waals surface area contributed by atoms with E-state index in [1.165, 1.54) is 16.3 Å². The SMILES string of the molecule is IOCc1ccc2ccccc2c1. The Morgan fingerprint density at radius 2 is 1.77 bits per heavy atom. The van der Waals surface area contributed by atoms with Gasteiger partial charge in [0.1, 0.15) is 23.0 Å². The third kappa shape index (κ3) is 2.00. The lowest BCUT2D eigenvalue weighted by molar-refractivity contribution is 0.418. The van der Waals surface area contributed by atoms with Crippen LogP contribution in [0.1, 0.15) is 5.56 Å². The zero-order valence-corrected chi connectivity index (χ0v) is 9.19. The molecule has 2 heteroatoms. The van der Waals surface area contributed by atoms with Crippen molar-refractivity contribution in [3.63, 3.8) is 0 Å². The van der Waals surface area contributed by atoms with Crippen LogP contribution in [-0.4, -0.2) is 0 Å². The molecule has 0 unspecified atom stereocenters. The molecule has 0 atom stereocenters. The molecule has 0 aromatic heterocycles. The largest absolute Gasteiger partial charge is 0.311 e. The van der Waals surface area contributed by atoms with Crippen molar-refractivity contribution in [1.29, 1.82) is 0 Å². The summed E-state index contributed by atoms with van der Waals surface area (Å²) >= 11 is 1.91. The number of rotatable bonds is 2. The highest BCUT2D eigenvalue weighted by molar-refractivity contribution is 14.1. The van der Waals surface area contributed by atoms with Crippen molar-refractivity contribution in [2.75, 3.05) is 0 Å². The first-order valence-corrected chi connectivity index (χ1v) is 4.99. The topological polar surface area (TPSA) is 9.23 Å². The summed E-state index contributed by atoms with van der Waals surface area (Å²) in [4.78, 5) is 0. The highest BCUT2D eigenvalue weighted by Gasteiger charge is 1.94. The zero-order valence-electron chi connectivity index (χ0n) is 7.03. The van der Waals surface area contributed by atoms with Crippen LogP contribution >= 0.6 is 23.0 Å². The average Bonchev–Trinajstić information content (AvgIpc) is 2.18. The Bertz CT molecular complexity index is 412. The minimum Gasteiger partial charge on any atom is -0.311 e. The Labute approximate surface area is 91.4 Å². The molecule has 13 heavy (non-hydrogen) atoms. The van der Waals surface area contributed by atoms with Crippen LogP contribution in [0.4, 0.5) is 0 Å². The first kappa shape index (κ1) is 8.97. The molecule has 66 valence electrons. The molecular weight excluding hydrogens is 275 g/mol. The first-order valence-electron chi connectivity index (χ1n) is 4.11. The summed E-state index contributed by atoms with van der Waals surface area (Å²) in [7, 11) is 0.